The Balaban J connectivity index is 1.85. The van der Waals surface area contributed by atoms with E-state index in [0.29, 0.717) is 23.2 Å². The number of rotatable bonds is 6. The Labute approximate surface area is 165 Å². The molecule has 146 valence electrons. The van der Waals surface area contributed by atoms with Gasteiger partial charge in [-0.15, -0.1) is 0 Å². The van der Waals surface area contributed by atoms with Gasteiger partial charge in [-0.2, -0.15) is 0 Å². The number of fused-ring (bicyclic) bond motifs is 1. The van der Waals surface area contributed by atoms with E-state index in [9.17, 15) is 14.4 Å². The van der Waals surface area contributed by atoms with Crippen molar-refractivity contribution >= 4 is 29.1 Å². The van der Waals surface area contributed by atoms with E-state index in [4.69, 9.17) is 0 Å². The van der Waals surface area contributed by atoms with Crippen LogP contribution in [0.4, 0.5) is 11.4 Å². The molecule has 3 rings (SSSR count). The average molecular weight is 379 g/mol. The molecule has 0 fully saturated rings. The summed E-state index contributed by atoms with van der Waals surface area (Å²) in [6.07, 6.45) is 0.396. The zero-order chi connectivity index (χ0) is 20.4. The summed E-state index contributed by atoms with van der Waals surface area (Å²) < 4.78 is 0. The predicted octanol–water partition coefficient (Wildman–Crippen LogP) is 3.40. The number of anilines is 2. The van der Waals surface area contributed by atoms with Gasteiger partial charge in [0.2, 0.25) is 5.91 Å². The molecule has 2 aromatic carbocycles. The summed E-state index contributed by atoms with van der Waals surface area (Å²) in [4.78, 5) is 41.8. The molecule has 1 aliphatic heterocycles. The van der Waals surface area contributed by atoms with Gasteiger partial charge in [-0.1, -0.05) is 26.0 Å². The fourth-order valence-electron chi connectivity index (χ4n) is 3.34. The molecule has 0 saturated heterocycles. The Bertz CT molecular complexity index is 868. The molecule has 1 heterocycles. The summed E-state index contributed by atoms with van der Waals surface area (Å²) in [6.45, 7) is 3.93. The van der Waals surface area contributed by atoms with Gasteiger partial charge in [-0.05, 0) is 48.7 Å². The van der Waals surface area contributed by atoms with Crippen LogP contribution in [0.25, 0.3) is 0 Å². The predicted molar refractivity (Wildman–Crippen MR) is 110 cm³/mol. The van der Waals surface area contributed by atoms with E-state index in [0.717, 1.165) is 10.6 Å². The minimum atomic E-state index is -0.860. The van der Waals surface area contributed by atoms with Gasteiger partial charge in [0.25, 0.3) is 11.8 Å². The van der Waals surface area contributed by atoms with Crippen molar-refractivity contribution < 1.29 is 14.4 Å². The quantitative estimate of drug-likeness (QED) is 0.781. The van der Waals surface area contributed by atoms with E-state index in [1.54, 1.807) is 24.3 Å². The molecule has 6 nitrogen and oxygen atoms in total. The third-order valence-electron chi connectivity index (χ3n) is 4.79. The van der Waals surface area contributed by atoms with Crippen LogP contribution >= 0.6 is 0 Å². The molecule has 2 aromatic rings. The Kier molecular flexibility index (Phi) is 5.49. The Hall–Kier alpha value is -3.15. The highest BCUT2D eigenvalue weighted by atomic mass is 16.2. The maximum Gasteiger partial charge on any atom is 0.262 e. The highest BCUT2D eigenvalue weighted by Gasteiger charge is 2.42. The zero-order valence-corrected chi connectivity index (χ0v) is 16.6. The van der Waals surface area contributed by atoms with E-state index >= 15 is 0 Å². The van der Waals surface area contributed by atoms with Crippen molar-refractivity contribution in [3.05, 3.63) is 59.7 Å². The largest absolute Gasteiger partial charge is 0.378 e. The van der Waals surface area contributed by atoms with E-state index in [1.807, 2.05) is 57.1 Å². The van der Waals surface area contributed by atoms with E-state index in [2.05, 4.69) is 5.32 Å². The summed E-state index contributed by atoms with van der Waals surface area (Å²) in [5.41, 5.74) is 2.34. The summed E-state index contributed by atoms with van der Waals surface area (Å²) in [5.74, 6) is -1.05. The van der Waals surface area contributed by atoms with Crippen LogP contribution in [-0.2, 0) is 4.79 Å². The first-order valence-corrected chi connectivity index (χ1v) is 9.34. The number of carbonyl (C=O) groups excluding carboxylic acids is 3. The third-order valence-corrected chi connectivity index (χ3v) is 4.79. The molecule has 0 unspecified atom stereocenters. The molecule has 6 heteroatoms. The highest BCUT2D eigenvalue weighted by molar-refractivity contribution is 6.23. The maximum atomic E-state index is 13.0. The van der Waals surface area contributed by atoms with Crippen molar-refractivity contribution in [1.29, 1.82) is 0 Å². The fourth-order valence-corrected chi connectivity index (χ4v) is 3.34. The second kappa shape index (κ2) is 7.84. The number of amides is 3. The van der Waals surface area contributed by atoms with Gasteiger partial charge < -0.3 is 10.2 Å². The zero-order valence-electron chi connectivity index (χ0n) is 16.6. The molecule has 1 N–H and O–H groups in total. The van der Waals surface area contributed by atoms with Gasteiger partial charge in [-0.3, -0.25) is 19.3 Å². The molecule has 0 aliphatic carbocycles. The van der Waals surface area contributed by atoms with Crippen molar-refractivity contribution in [2.24, 2.45) is 5.92 Å². The standard InChI is InChI=1S/C22H25N3O3/c1-14(2)13-19(20(26)23-15-9-11-16(12-10-15)24(3)4)25-21(27)17-7-5-6-8-18(17)22(25)28/h5-12,14,19H,13H2,1-4H3,(H,23,26)/t19-/m1/s1. The Morgan fingerprint density at radius 2 is 1.50 bits per heavy atom. The number of carbonyl (C=O) groups is 3. The van der Waals surface area contributed by atoms with Crippen LogP contribution in [0.1, 0.15) is 41.0 Å². The molecule has 0 bridgehead atoms. The minimum absolute atomic E-state index is 0.135. The van der Waals surface area contributed by atoms with E-state index in [-0.39, 0.29) is 11.8 Å². The first-order valence-electron chi connectivity index (χ1n) is 9.34. The summed E-state index contributed by atoms with van der Waals surface area (Å²) >= 11 is 0. The van der Waals surface area contributed by atoms with Crippen LogP contribution in [0.15, 0.2) is 48.5 Å². The lowest BCUT2D eigenvalue weighted by molar-refractivity contribution is -0.120. The first-order chi connectivity index (χ1) is 13.3. The molecule has 1 atom stereocenters. The molecule has 3 amide bonds. The lowest BCUT2D eigenvalue weighted by Crippen LogP contribution is -2.47. The highest BCUT2D eigenvalue weighted by Crippen LogP contribution is 2.27. The van der Waals surface area contributed by atoms with Crippen LogP contribution in [0.2, 0.25) is 0 Å². The first kappa shape index (κ1) is 19.6. The number of benzene rings is 2. The second-order valence-electron chi connectivity index (χ2n) is 7.60. The van der Waals surface area contributed by atoms with Gasteiger partial charge in [0.1, 0.15) is 6.04 Å². The van der Waals surface area contributed by atoms with Gasteiger partial charge in [0.15, 0.2) is 0 Å². The van der Waals surface area contributed by atoms with Gasteiger partial charge in [-0.25, -0.2) is 0 Å². The maximum absolute atomic E-state index is 13.0. The van der Waals surface area contributed by atoms with Crippen LogP contribution in [0, 0.1) is 5.92 Å². The molecular formula is C22H25N3O3. The normalized spacial score (nSPS) is 14.2. The minimum Gasteiger partial charge on any atom is -0.378 e. The van der Waals surface area contributed by atoms with Crippen LogP contribution in [0.5, 0.6) is 0 Å². The van der Waals surface area contributed by atoms with Crippen molar-refractivity contribution in [3.8, 4) is 0 Å². The second-order valence-corrected chi connectivity index (χ2v) is 7.60. The molecular weight excluding hydrogens is 354 g/mol. The van der Waals surface area contributed by atoms with E-state index < -0.39 is 17.9 Å². The monoisotopic (exact) mass is 379 g/mol. The van der Waals surface area contributed by atoms with Crippen LogP contribution in [-0.4, -0.2) is 42.8 Å². The number of imide groups is 1. The van der Waals surface area contributed by atoms with Crippen molar-refractivity contribution in [3.63, 3.8) is 0 Å². The summed E-state index contributed by atoms with van der Waals surface area (Å²) in [5, 5.41) is 2.85. The molecule has 0 saturated carbocycles. The van der Waals surface area contributed by atoms with Gasteiger partial charge >= 0.3 is 0 Å². The van der Waals surface area contributed by atoms with Crippen LogP contribution < -0.4 is 10.2 Å². The third kappa shape index (κ3) is 3.76. The lowest BCUT2D eigenvalue weighted by Gasteiger charge is -2.27. The summed E-state index contributed by atoms with van der Waals surface area (Å²) in [6, 6.07) is 13.2. The SMILES string of the molecule is CC(C)C[C@H](C(=O)Nc1ccc(N(C)C)cc1)N1C(=O)c2ccccc2C1=O. The number of nitrogens with one attached hydrogen (secondary N) is 1. The van der Waals surface area contributed by atoms with Gasteiger partial charge in [0, 0.05) is 25.5 Å². The summed E-state index contributed by atoms with van der Waals surface area (Å²) in [7, 11) is 3.88. The average Bonchev–Trinajstić information content (AvgIpc) is 2.91. The van der Waals surface area contributed by atoms with Gasteiger partial charge in [0.05, 0.1) is 11.1 Å². The Morgan fingerprint density at radius 1 is 0.964 bits per heavy atom. The number of hydrogen-bond acceptors (Lipinski definition) is 4. The smallest absolute Gasteiger partial charge is 0.262 e. The van der Waals surface area contributed by atoms with Crippen LogP contribution in [0.3, 0.4) is 0 Å². The Morgan fingerprint density at radius 3 is 1.96 bits per heavy atom. The van der Waals surface area contributed by atoms with Crippen molar-refractivity contribution in [2.75, 3.05) is 24.3 Å². The fraction of sp³-hybridized carbons (Fsp3) is 0.318. The van der Waals surface area contributed by atoms with Crippen molar-refractivity contribution in [2.45, 2.75) is 26.3 Å². The molecule has 28 heavy (non-hydrogen) atoms. The lowest BCUT2D eigenvalue weighted by atomic mass is 10.0. The topological polar surface area (TPSA) is 69.7 Å². The molecule has 0 aromatic heterocycles. The van der Waals surface area contributed by atoms with E-state index in [1.165, 1.54) is 0 Å². The molecule has 1 aliphatic rings. The van der Waals surface area contributed by atoms with Crippen molar-refractivity contribution in [1.82, 2.24) is 4.90 Å². The number of hydrogen-bond donors (Lipinski definition) is 1. The molecule has 0 radical (unpaired) electrons. The molecule has 0 spiro atoms. The number of nitrogens with zero attached hydrogens (tertiary/aromatic N) is 2.